The van der Waals surface area contributed by atoms with Crippen molar-refractivity contribution in [3.8, 4) is 0 Å². The van der Waals surface area contributed by atoms with Crippen LogP contribution in [0.25, 0.3) is 0 Å². The maximum Gasteiger partial charge on any atom is 0.416 e. The van der Waals surface area contributed by atoms with E-state index < -0.39 is 26.7 Å². The molecule has 0 aliphatic rings. The van der Waals surface area contributed by atoms with Crippen molar-refractivity contribution in [1.29, 1.82) is 0 Å². The fraction of sp³-hybridized carbons (Fsp3) is 0.800. The highest BCUT2D eigenvalue weighted by Crippen LogP contribution is 2.39. The van der Waals surface area contributed by atoms with E-state index in [0.29, 0.717) is 0 Å². The van der Waals surface area contributed by atoms with Crippen LogP contribution in [0, 0.1) is 0 Å². The van der Waals surface area contributed by atoms with Crippen LogP contribution in [-0.2, 0) is 4.43 Å². The van der Waals surface area contributed by atoms with Gasteiger partial charge in [0.25, 0.3) is 0 Å². The summed E-state index contributed by atoms with van der Waals surface area (Å²) in [7, 11) is -2.17. The maximum atomic E-state index is 12.7. The molecule has 0 amide bonds. The Hall–Kier alpha value is 0.667. The molecular weight excluding hydrogens is 381 g/mol. The van der Waals surface area contributed by atoms with Crippen LogP contribution < -0.4 is 0 Å². The molecular formula is C10H17Br2F3OSi. The predicted molar refractivity (Wildman–Crippen MR) is 74.1 cm³/mol. The normalized spacial score (nSPS) is 13.8. The second-order valence-corrected chi connectivity index (χ2v) is 12.7. The molecule has 1 nitrogen and oxygen atoms in total. The highest BCUT2D eigenvalue weighted by atomic mass is 79.9. The van der Waals surface area contributed by atoms with Crippen LogP contribution >= 0.6 is 31.9 Å². The van der Waals surface area contributed by atoms with Crippen LogP contribution in [0.5, 0.6) is 0 Å². The van der Waals surface area contributed by atoms with Gasteiger partial charge >= 0.3 is 6.18 Å². The van der Waals surface area contributed by atoms with Gasteiger partial charge in [0.05, 0.1) is 15.6 Å². The number of rotatable bonds is 3. The lowest BCUT2D eigenvalue weighted by atomic mass is 10.2. The first-order valence-electron chi connectivity index (χ1n) is 5.04. The van der Waals surface area contributed by atoms with Crippen LogP contribution in [0.3, 0.4) is 0 Å². The van der Waals surface area contributed by atoms with Crippen LogP contribution in [0.2, 0.25) is 18.1 Å². The van der Waals surface area contributed by atoms with Crippen molar-refractivity contribution in [3.05, 3.63) is 8.96 Å². The molecule has 0 aromatic heterocycles. The van der Waals surface area contributed by atoms with Crippen molar-refractivity contribution in [2.45, 2.75) is 45.1 Å². The molecule has 0 saturated carbocycles. The van der Waals surface area contributed by atoms with E-state index in [1.54, 1.807) is 0 Å². The molecule has 0 aromatic rings. The molecule has 0 saturated heterocycles. The van der Waals surface area contributed by atoms with Crippen molar-refractivity contribution >= 4 is 40.2 Å². The largest absolute Gasteiger partial charge is 0.416 e. The molecule has 0 heterocycles. The van der Waals surface area contributed by atoms with E-state index >= 15 is 0 Å². The van der Waals surface area contributed by atoms with Crippen molar-refractivity contribution in [2.24, 2.45) is 0 Å². The van der Waals surface area contributed by atoms with Crippen molar-refractivity contribution < 1.29 is 17.6 Å². The minimum atomic E-state index is -4.38. The molecule has 0 aliphatic heterocycles. The fourth-order valence-electron chi connectivity index (χ4n) is 0.713. The van der Waals surface area contributed by atoms with Crippen LogP contribution in [0.15, 0.2) is 8.96 Å². The average Bonchev–Trinajstić information content (AvgIpc) is 1.97. The molecule has 0 atom stereocenters. The molecule has 102 valence electrons. The molecule has 0 fully saturated rings. The highest BCUT2D eigenvalue weighted by molar-refractivity contribution is 9.28. The van der Waals surface area contributed by atoms with Gasteiger partial charge in [-0.2, -0.15) is 13.2 Å². The molecule has 0 bridgehead atoms. The summed E-state index contributed by atoms with van der Waals surface area (Å²) in [6, 6.07) is 0. The Morgan fingerprint density at radius 1 is 1.12 bits per heavy atom. The first-order valence-corrected chi connectivity index (χ1v) is 9.54. The summed E-state index contributed by atoms with van der Waals surface area (Å²) in [6.45, 7) is 9.37. The van der Waals surface area contributed by atoms with Gasteiger partial charge in [-0.25, -0.2) is 0 Å². The molecule has 0 aromatic carbocycles. The Labute approximate surface area is 118 Å². The highest BCUT2D eigenvalue weighted by Gasteiger charge is 2.41. The van der Waals surface area contributed by atoms with Crippen molar-refractivity contribution in [1.82, 2.24) is 0 Å². The van der Waals surface area contributed by atoms with Gasteiger partial charge < -0.3 is 4.43 Å². The monoisotopic (exact) mass is 396 g/mol. The molecule has 17 heavy (non-hydrogen) atoms. The van der Waals surface area contributed by atoms with E-state index in [1.807, 2.05) is 33.9 Å². The summed E-state index contributed by atoms with van der Waals surface area (Å²) >= 11 is 5.61. The summed E-state index contributed by atoms with van der Waals surface area (Å²) < 4.78 is 43.4. The molecule has 0 aliphatic carbocycles. The van der Waals surface area contributed by atoms with Gasteiger partial charge in [-0.05, 0) is 50.0 Å². The second-order valence-electron chi connectivity index (χ2n) is 5.29. The van der Waals surface area contributed by atoms with E-state index in [1.165, 1.54) is 0 Å². The third-order valence-electron chi connectivity index (χ3n) is 2.95. The number of hydrogen-bond acceptors (Lipinski definition) is 1. The zero-order valence-corrected chi connectivity index (χ0v) is 14.7. The Morgan fingerprint density at radius 3 is 1.76 bits per heavy atom. The summed E-state index contributed by atoms with van der Waals surface area (Å²) in [5.74, 6) is 0. The summed E-state index contributed by atoms with van der Waals surface area (Å²) in [5.41, 5.74) is -0.720. The van der Waals surface area contributed by atoms with E-state index in [0.717, 1.165) is 0 Å². The first kappa shape index (κ1) is 17.7. The Kier molecular flexibility index (Phi) is 5.98. The molecule has 0 spiro atoms. The average molecular weight is 398 g/mol. The fourth-order valence-corrected chi connectivity index (χ4v) is 2.33. The van der Waals surface area contributed by atoms with Gasteiger partial charge in [-0.15, -0.1) is 0 Å². The van der Waals surface area contributed by atoms with Gasteiger partial charge in [-0.3, -0.25) is 0 Å². The van der Waals surface area contributed by atoms with E-state index in [2.05, 4.69) is 31.9 Å². The van der Waals surface area contributed by atoms with Gasteiger partial charge in [0.1, 0.15) is 0 Å². The van der Waals surface area contributed by atoms with Crippen molar-refractivity contribution in [2.75, 3.05) is 6.61 Å². The van der Waals surface area contributed by atoms with E-state index in [9.17, 15) is 13.2 Å². The maximum absolute atomic E-state index is 12.7. The van der Waals surface area contributed by atoms with Crippen LogP contribution in [0.4, 0.5) is 13.2 Å². The molecule has 0 rings (SSSR count). The Morgan fingerprint density at radius 2 is 1.53 bits per heavy atom. The van der Waals surface area contributed by atoms with Gasteiger partial charge in [-0.1, -0.05) is 20.8 Å². The standard InChI is InChI=1S/C10H17Br2F3OSi/c1-9(2,3)17(4,5)16-6-7(8(11)12)10(13,14)15/h6H2,1-5H3. The third kappa shape index (κ3) is 5.44. The Bertz CT molecular complexity index is 302. The summed E-state index contributed by atoms with van der Waals surface area (Å²) in [5, 5.41) is -0.109. The first-order chi connectivity index (χ1) is 7.29. The van der Waals surface area contributed by atoms with Crippen LogP contribution in [-0.4, -0.2) is 21.1 Å². The quantitative estimate of drug-likeness (QED) is 0.565. The van der Waals surface area contributed by atoms with Gasteiger partial charge in [0.2, 0.25) is 0 Å². The molecule has 0 unspecified atom stereocenters. The number of halogens is 5. The number of hydrogen-bond donors (Lipinski definition) is 0. The molecule has 0 N–H and O–H groups in total. The SMILES string of the molecule is CC(C)(C)[Si](C)(C)OCC(=C(Br)Br)C(F)(F)F. The summed E-state index contributed by atoms with van der Waals surface area (Å²) in [4.78, 5) is 0. The Balaban J connectivity index is 4.84. The zero-order chi connectivity index (χ0) is 14.1. The van der Waals surface area contributed by atoms with Crippen LogP contribution in [0.1, 0.15) is 20.8 Å². The van der Waals surface area contributed by atoms with Crippen molar-refractivity contribution in [3.63, 3.8) is 0 Å². The summed E-state index contributed by atoms with van der Waals surface area (Å²) in [6.07, 6.45) is -4.38. The molecule has 7 heteroatoms. The van der Waals surface area contributed by atoms with Gasteiger partial charge in [0.15, 0.2) is 8.32 Å². The van der Waals surface area contributed by atoms with E-state index in [-0.39, 0.29) is 8.43 Å². The topological polar surface area (TPSA) is 9.23 Å². The lowest BCUT2D eigenvalue weighted by Crippen LogP contribution is -2.42. The number of alkyl halides is 3. The minimum absolute atomic E-state index is 0.101. The second kappa shape index (κ2) is 5.75. The zero-order valence-electron chi connectivity index (χ0n) is 10.5. The smallest absolute Gasteiger partial charge is 0.412 e. The molecule has 0 radical (unpaired) electrons. The minimum Gasteiger partial charge on any atom is -0.412 e. The van der Waals surface area contributed by atoms with E-state index in [4.69, 9.17) is 4.43 Å². The third-order valence-corrected chi connectivity index (χ3v) is 8.39. The lowest BCUT2D eigenvalue weighted by molar-refractivity contribution is -0.0969. The predicted octanol–water partition coefficient (Wildman–Crippen LogP) is 5.57. The van der Waals surface area contributed by atoms with Gasteiger partial charge in [0, 0.05) is 0 Å². The lowest BCUT2D eigenvalue weighted by Gasteiger charge is -2.36.